The highest BCUT2D eigenvalue weighted by atomic mass is 16.4. The molecule has 4 aromatic rings. The molecule has 0 radical (unpaired) electrons. The van der Waals surface area contributed by atoms with Crippen molar-refractivity contribution in [2.45, 2.75) is 53.0 Å². The first-order valence-electron chi connectivity index (χ1n) is 11.3. The predicted octanol–water partition coefficient (Wildman–Crippen LogP) is 4.22. The van der Waals surface area contributed by atoms with Crippen LogP contribution in [0.25, 0.3) is 21.9 Å². The van der Waals surface area contributed by atoms with Crippen LogP contribution in [-0.4, -0.2) is 28.1 Å². The SMILES string of the molecule is Cc1oc2c(C)c3oc(=O)c(CCC(=O)NC(Cc4ccc(O)cc4)C(=O)O)c(C)c3cc2c1C. The average Bonchev–Trinajstić information content (AvgIpc) is 3.09. The topological polar surface area (TPSA) is 130 Å². The van der Waals surface area contributed by atoms with Gasteiger partial charge in [-0.2, -0.15) is 0 Å². The Kier molecular flexibility index (Phi) is 6.39. The predicted molar refractivity (Wildman–Crippen MR) is 131 cm³/mol. The van der Waals surface area contributed by atoms with Gasteiger partial charge in [-0.15, -0.1) is 0 Å². The van der Waals surface area contributed by atoms with Crippen molar-refractivity contribution in [2.75, 3.05) is 0 Å². The molecule has 0 aliphatic heterocycles. The van der Waals surface area contributed by atoms with Gasteiger partial charge in [0.1, 0.15) is 28.7 Å². The lowest BCUT2D eigenvalue weighted by molar-refractivity contribution is -0.141. The molecule has 2 aromatic carbocycles. The number of fused-ring (bicyclic) bond motifs is 2. The molecule has 0 aliphatic carbocycles. The molecule has 0 aliphatic rings. The largest absolute Gasteiger partial charge is 0.508 e. The molecule has 0 spiro atoms. The van der Waals surface area contributed by atoms with Crippen LogP contribution in [0.3, 0.4) is 0 Å². The van der Waals surface area contributed by atoms with E-state index in [9.17, 15) is 24.6 Å². The van der Waals surface area contributed by atoms with Crippen molar-refractivity contribution in [3.05, 3.63) is 74.3 Å². The molecule has 0 bridgehead atoms. The summed E-state index contributed by atoms with van der Waals surface area (Å²) in [7, 11) is 0. The third-order valence-corrected chi connectivity index (χ3v) is 6.56. The quantitative estimate of drug-likeness (QED) is 0.340. The first-order valence-corrected chi connectivity index (χ1v) is 11.3. The minimum absolute atomic E-state index is 0.0667. The Balaban J connectivity index is 1.56. The van der Waals surface area contributed by atoms with E-state index in [1.807, 2.05) is 33.8 Å². The van der Waals surface area contributed by atoms with Crippen LogP contribution in [-0.2, 0) is 22.4 Å². The number of carboxylic acid groups (broad SMARTS) is 1. The molecule has 2 aromatic heterocycles. The van der Waals surface area contributed by atoms with E-state index in [1.54, 1.807) is 12.1 Å². The average molecular weight is 478 g/mol. The molecule has 0 saturated heterocycles. The summed E-state index contributed by atoms with van der Waals surface area (Å²) < 4.78 is 11.5. The van der Waals surface area contributed by atoms with Crippen LogP contribution < -0.4 is 10.9 Å². The van der Waals surface area contributed by atoms with Crippen LogP contribution in [0.15, 0.2) is 44.0 Å². The van der Waals surface area contributed by atoms with E-state index >= 15 is 0 Å². The minimum atomic E-state index is -1.17. The highest BCUT2D eigenvalue weighted by Crippen LogP contribution is 2.34. The zero-order valence-corrected chi connectivity index (χ0v) is 20.0. The number of benzene rings is 2. The molecule has 4 rings (SSSR count). The lowest BCUT2D eigenvalue weighted by Crippen LogP contribution is -2.42. The van der Waals surface area contributed by atoms with Crippen LogP contribution in [0.5, 0.6) is 5.75 Å². The molecule has 2 heterocycles. The van der Waals surface area contributed by atoms with Crippen LogP contribution in [0.1, 0.15) is 40.0 Å². The number of amides is 1. The first-order chi connectivity index (χ1) is 16.6. The van der Waals surface area contributed by atoms with Gasteiger partial charge < -0.3 is 24.4 Å². The van der Waals surface area contributed by atoms with Crippen molar-refractivity contribution in [3.8, 4) is 5.75 Å². The molecule has 182 valence electrons. The Morgan fingerprint density at radius 2 is 1.57 bits per heavy atom. The third kappa shape index (κ3) is 4.64. The second-order valence-electron chi connectivity index (χ2n) is 8.86. The summed E-state index contributed by atoms with van der Waals surface area (Å²) in [6.45, 7) is 7.54. The van der Waals surface area contributed by atoms with Gasteiger partial charge in [-0.25, -0.2) is 9.59 Å². The maximum Gasteiger partial charge on any atom is 0.339 e. The molecule has 1 amide bonds. The first kappa shape index (κ1) is 24.1. The molecule has 1 unspecified atom stereocenters. The molecular formula is C27H27NO7. The zero-order valence-electron chi connectivity index (χ0n) is 20.0. The van der Waals surface area contributed by atoms with E-state index in [1.165, 1.54) is 12.1 Å². The lowest BCUT2D eigenvalue weighted by atomic mass is 9.98. The number of phenolic OH excluding ortho intramolecular Hbond substituents is 1. The third-order valence-electron chi connectivity index (χ3n) is 6.56. The van der Waals surface area contributed by atoms with Crippen molar-refractivity contribution in [1.29, 1.82) is 0 Å². The number of aromatic hydroxyl groups is 1. The fraction of sp³-hybridized carbons (Fsp3) is 0.296. The monoisotopic (exact) mass is 477 g/mol. The van der Waals surface area contributed by atoms with E-state index in [-0.39, 0.29) is 25.0 Å². The van der Waals surface area contributed by atoms with Crippen molar-refractivity contribution < 1.29 is 28.6 Å². The normalized spacial score (nSPS) is 12.2. The zero-order chi connectivity index (χ0) is 25.4. The molecule has 0 fully saturated rings. The van der Waals surface area contributed by atoms with Gasteiger partial charge in [-0.3, -0.25) is 4.79 Å². The summed E-state index contributed by atoms with van der Waals surface area (Å²) in [5, 5.41) is 23.2. The standard InChI is InChI=1S/C27H27NO7/c1-13-16(4)34-24-15(3)25-21(12-20(13)24)14(2)19(27(33)35-25)9-10-23(30)28-22(26(31)32)11-17-5-7-18(29)8-6-17/h5-8,12,22,29H,9-11H2,1-4H3,(H,28,30)(H,31,32). The maximum atomic E-state index is 12.8. The summed E-state index contributed by atoms with van der Waals surface area (Å²) in [5.41, 5.74) is 4.16. The van der Waals surface area contributed by atoms with Crippen LogP contribution in [0, 0.1) is 27.7 Å². The van der Waals surface area contributed by atoms with Crippen molar-refractivity contribution in [2.24, 2.45) is 0 Å². The fourth-order valence-corrected chi connectivity index (χ4v) is 4.35. The minimum Gasteiger partial charge on any atom is -0.508 e. The highest BCUT2D eigenvalue weighted by molar-refractivity contribution is 6.00. The number of hydrogen-bond acceptors (Lipinski definition) is 6. The molecule has 35 heavy (non-hydrogen) atoms. The van der Waals surface area contributed by atoms with E-state index in [4.69, 9.17) is 8.83 Å². The molecular weight excluding hydrogens is 450 g/mol. The second-order valence-corrected chi connectivity index (χ2v) is 8.86. The van der Waals surface area contributed by atoms with Gasteiger partial charge in [0.2, 0.25) is 5.91 Å². The van der Waals surface area contributed by atoms with Crippen molar-refractivity contribution in [3.63, 3.8) is 0 Å². The summed E-state index contributed by atoms with van der Waals surface area (Å²) >= 11 is 0. The number of phenols is 1. The highest BCUT2D eigenvalue weighted by Gasteiger charge is 2.22. The summed E-state index contributed by atoms with van der Waals surface area (Å²) in [6.07, 6.45) is 0.112. The summed E-state index contributed by atoms with van der Waals surface area (Å²) in [4.78, 5) is 37.0. The Labute approximate surface area is 201 Å². The van der Waals surface area contributed by atoms with Gasteiger partial charge in [-0.05, 0) is 69.0 Å². The van der Waals surface area contributed by atoms with Gasteiger partial charge in [0.05, 0.1) is 0 Å². The number of nitrogens with one attached hydrogen (secondary N) is 1. The fourth-order valence-electron chi connectivity index (χ4n) is 4.35. The van der Waals surface area contributed by atoms with Gasteiger partial charge >= 0.3 is 11.6 Å². The maximum absolute atomic E-state index is 12.8. The molecule has 3 N–H and O–H groups in total. The summed E-state index contributed by atoms with van der Waals surface area (Å²) in [5.74, 6) is -0.778. The lowest BCUT2D eigenvalue weighted by Gasteiger charge is -2.15. The molecule has 1 atom stereocenters. The molecule has 8 nitrogen and oxygen atoms in total. The number of carboxylic acids is 1. The second kappa shape index (κ2) is 9.29. The van der Waals surface area contributed by atoms with Gasteiger partial charge in [0.25, 0.3) is 0 Å². The van der Waals surface area contributed by atoms with Crippen LogP contribution >= 0.6 is 0 Å². The molecule has 0 saturated carbocycles. The van der Waals surface area contributed by atoms with E-state index in [2.05, 4.69) is 5.32 Å². The number of carbonyl (C=O) groups excluding carboxylic acids is 1. The van der Waals surface area contributed by atoms with Crippen LogP contribution in [0.4, 0.5) is 0 Å². The van der Waals surface area contributed by atoms with Crippen LogP contribution in [0.2, 0.25) is 0 Å². The number of aryl methyl sites for hydroxylation is 4. The Morgan fingerprint density at radius 1 is 0.943 bits per heavy atom. The van der Waals surface area contributed by atoms with E-state index in [0.29, 0.717) is 22.3 Å². The molecule has 8 heteroatoms. The number of aliphatic carboxylic acids is 1. The van der Waals surface area contributed by atoms with Gasteiger partial charge in [0, 0.05) is 34.7 Å². The summed E-state index contributed by atoms with van der Waals surface area (Å²) in [6, 6.07) is 6.93. The van der Waals surface area contributed by atoms with Crippen molar-refractivity contribution >= 4 is 33.8 Å². The van der Waals surface area contributed by atoms with Gasteiger partial charge in [0.15, 0.2) is 0 Å². The van der Waals surface area contributed by atoms with E-state index in [0.717, 1.165) is 33.2 Å². The Hall–Kier alpha value is -4.07. The van der Waals surface area contributed by atoms with E-state index < -0.39 is 23.5 Å². The smallest absolute Gasteiger partial charge is 0.339 e. The number of furan rings is 1. The number of carbonyl (C=O) groups is 2. The number of hydrogen-bond donors (Lipinski definition) is 3. The Morgan fingerprint density at radius 3 is 2.23 bits per heavy atom. The van der Waals surface area contributed by atoms with Gasteiger partial charge in [-0.1, -0.05) is 12.1 Å². The number of rotatable bonds is 7. The van der Waals surface area contributed by atoms with Crippen molar-refractivity contribution in [1.82, 2.24) is 5.32 Å². The Bertz CT molecular complexity index is 1510.